The molecule has 1 aromatic carbocycles. The van der Waals surface area contributed by atoms with E-state index in [1.807, 2.05) is 0 Å². The molecule has 2 bridgehead atoms. The van der Waals surface area contributed by atoms with Crippen LogP contribution in [-0.4, -0.2) is 72.0 Å². The third-order valence-corrected chi connectivity index (χ3v) is 10.5. The van der Waals surface area contributed by atoms with Crippen LogP contribution >= 0.6 is 11.5 Å². The summed E-state index contributed by atoms with van der Waals surface area (Å²) in [7, 11) is 2.18. The Hall–Kier alpha value is -2.19. The second kappa shape index (κ2) is 10.5. The Balaban J connectivity index is 0.000000141. The SMILES string of the molecule is CN1CCN(c2nsc3ccccc23)CC1.C[C@@H]1CCCC[C@H]1CN1C(=O)O[C@H]2C3CCC(C3)[C@H]2C1=O. The average Bonchev–Trinajstić information content (AvgIpc) is 3.64. The zero-order valence-electron chi connectivity index (χ0n) is 22.2. The molecule has 6 atom stereocenters. The third kappa shape index (κ3) is 4.87. The van der Waals surface area contributed by atoms with Gasteiger partial charge in [-0.2, -0.15) is 4.37 Å². The number of benzene rings is 1. The quantitative estimate of drug-likeness (QED) is 0.546. The van der Waals surface area contributed by atoms with Gasteiger partial charge in [0.25, 0.3) is 0 Å². The standard InChI is InChI=1S/C17H25NO3.C12H15N3S/c1-10-4-2-3-5-13(10)9-18-16(19)14-11-6-7-12(8-11)15(14)21-17(18)20;1-14-6-8-15(9-7-14)12-10-4-2-3-5-11(10)16-13-12/h10-15H,2-9H2,1H3;2-5H,6-9H2,1H3/t10-,11?,12?,13+,14-,15+;/m1./s1. The molecular weight excluding hydrogens is 484 g/mol. The summed E-state index contributed by atoms with van der Waals surface area (Å²) in [6.45, 7) is 7.27. The Kier molecular flexibility index (Phi) is 7.14. The van der Waals surface area contributed by atoms with Crippen LogP contribution in [0.4, 0.5) is 10.6 Å². The molecule has 37 heavy (non-hydrogen) atoms. The van der Waals surface area contributed by atoms with Gasteiger partial charge in [-0.15, -0.1) is 0 Å². The van der Waals surface area contributed by atoms with Crippen LogP contribution < -0.4 is 4.90 Å². The molecule has 2 aromatic rings. The van der Waals surface area contributed by atoms with Crippen LogP contribution in [0.1, 0.15) is 51.9 Å². The number of nitrogens with zero attached hydrogens (tertiary/aromatic N) is 4. The highest BCUT2D eigenvalue weighted by Crippen LogP contribution is 2.52. The fourth-order valence-corrected chi connectivity index (χ4v) is 8.18. The highest BCUT2D eigenvalue weighted by atomic mass is 32.1. The van der Waals surface area contributed by atoms with Crippen molar-refractivity contribution in [3.8, 4) is 0 Å². The molecule has 2 saturated heterocycles. The molecule has 0 radical (unpaired) electrons. The first-order valence-corrected chi connectivity index (χ1v) is 15.1. The molecular formula is C29H40N4O3S. The largest absolute Gasteiger partial charge is 0.445 e. The van der Waals surface area contributed by atoms with E-state index in [9.17, 15) is 9.59 Å². The first-order valence-electron chi connectivity index (χ1n) is 14.3. The highest BCUT2D eigenvalue weighted by molar-refractivity contribution is 7.13. The van der Waals surface area contributed by atoms with Gasteiger partial charge in [-0.1, -0.05) is 38.3 Å². The summed E-state index contributed by atoms with van der Waals surface area (Å²) in [5.41, 5.74) is 0. The van der Waals surface area contributed by atoms with E-state index in [1.54, 1.807) is 11.5 Å². The first kappa shape index (κ1) is 25.1. The number of hydrogen-bond donors (Lipinski definition) is 0. The van der Waals surface area contributed by atoms with Gasteiger partial charge in [0.15, 0.2) is 0 Å². The van der Waals surface area contributed by atoms with Crippen LogP contribution in [0.3, 0.4) is 0 Å². The van der Waals surface area contributed by atoms with Crippen LogP contribution in [0.2, 0.25) is 0 Å². The maximum absolute atomic E-state index is 12.8. The lowest BCUT2D eigenvalue weighted by Crippen LogP contribution is -2.55. The Morgan fingerprint density at radius 2 is 1.76 bits per heavy atom. The van der Waals surface area contributed by atoms with Crippen LogP contribution in [0.5, 0.6) is 0 Å². The minimum absolute atomic E-state index is 0.0275. The molecule has 3 aliphatic carbocycles. The van der Waals surface area contributed by atoms with Crippen molar-refractivity contribution >= 4 is 39.4 Å². The summed E-state index contributed by atoms with van der Waals surface area (Å²) >= 11 is 1.60. The molecule has 2 unspecified atom stereocenters. The number of carbonyl (C=O) groups excluding carboxylic acids is 2. The normalized spacial score (nSPS) is 33.8. The highest BCUT2D eigenvalue weighted by Gasteiger charge is 2.57. The maximum Gasteiger partial charge on any atom is 0.416 e. The number of anilines is 1. The Bertz CT molecular complexity index is 1130. The lowest BCUT2D eigenvalue weighted by Gasteiger charge is -2.40. The van der Waals surface area contributed by atoms with Crippen molar-refractivity contribution in [1.82, 2.24) is 14.2 Å². The van der Waals surface area contributed by atoms with Gasteiger partial charge in [-0.05, 0) is 80.1 Å². The minimum Gasteiger partial charge on any atom is -0.445 e. The molecule has 5 aliphatic rings. The van der Waals surface area contributed by atoms with Crippen LogP contribution in [0.25, 0.3) is 10.1 Å². The molecule has 2 aliphatic heterocycles. The Morgan fingerprint density at radius 1 is 1.00 bits per heavy atom. The molecule has 8 heteroatoms. The number of rotatable bonds is 3. The summed E-state index contributed by atoms with van der Waals surface area (Å²) in [5.74, 6) is 3.20. The van der Waals surface area contributed by atoms with E-state index in [0.29, 0.717) is 30.2 Å². The molecule has 7 rings (SSSR count). The third-order valence-electron chi connectivity index (χ3n) is 9.72. The first-order chi connectivity index (χ1) is 18.0. The molecule has 2 amide bonds. The van der Waals surface area contributed by atoms with Gasteiger partial charge in [0.05, 0.1) is 10.6 Å². The number of carbonyl (C=O) groups is 2. The zero-order chi connectivity index (χ0) is 25.5. The molecule has 3 heterocycles. The molecule has 5 fully saturated rings. The van der Waals surface area contributed by atoms with Crippen molar-refractivity contribution in [2.75, 3.05) is 44.7 Å². The zero-order valence-corrected chi connectivity index (χ0v) is 23.0. The fourth-order valence-electron chi connectivity index (χ4n) is 7.38. The lowest BCUT2D eigenvalue weighted by atomic mass is 9.79. The molecule has 7 nitrogen and oxygen atoms in total. The minimum atomic E-state index is -0.369. The van der Waals surface area contributed by atoms with Crippen molar-refractivity contribution < 1.29 is 14.3 Å². The molecule has 200 valence electrons. The van der Waals surface area contributed by atoms with Crippen LogP contribution in [-0.2, 0) is 9.53 Å². The Labute approximate surface area is 224 Å². The van der Waals surface area contributed by atoms with Crippen molar-refractivity contribution in [3.63, 3.8) is 0 Å². The van der Waals surface area contributed by atoms with E-state index < -0.39 is 0 Å². The number of amides is 2. The number of hydrogen-bond acceptors (Lipinski definition) is 7. The van der Waals surface area contributed by atoms with Gasteiger partial charge in [0.2, 0.25) is 5.91 Å². The van der Waals surface area contributed by atoms with Gasteiger partial charge in [-0.25, -0.2) is 9.69 Å². The number of aromatic nitrogens is 1. The fraction of sp³-hybridized carbons (Fsp3) is 0.690. The summed E-state index contributed by atoms with van der Waals surface area (Å²) < 4.78 is 11.6. The predicted molar refractivity (Wildman–Crippen MR) is 147 cm³/mol. The second-order valence-corrected chi connectivity index (χ2v) is 12.8. The van der Waals surface area contributed by atoms with E-state index in [2.05, 4.69) is 52.4 Å². The molecule has 0 spiro atoms. The maximum atomic E-state index is 12.8. The van der Waals surface area contributed by atoms with Gasteiger partial charge >= 0.3 is 6.09 Å². The average molecular weight is 525 g/mol. The van der Waals surface area contributed by atoms with Crippen molar-refractivity contribution in [2.24, 2.45) is 29.6 Å². The number of imide groups is 1. The number of likely N-dealkylation sites (N-methyl/N-ethyl adjacent to an activating group) is 1. The van der Waals surface area contributed by atoms with E-state index in [1.165, 1.54) is 40.1 Å². The van der Waals surface area contributed by atoms with Crippen LogP contribution in [0.15, 0.2) is 24.3 Å². The number of piperazine rings is 1. The summed E-state index contributed by atoms with van der Waals surface area (Å²) in [4.78, 5) is 31.3. The number of fused-ring (bicyclic) bond motifs is 6. The summed E-state index contributed by atoms with van der Waals surface area (Å²) in [6.07, 6.45) is 7.75. The smallest absolute Gasteiger partial charge is 0.416 e. The van der Waals surface area contributed by atoms with Crippen molar-refractivity contribution in [3.05, 3.63) is 24.3 Å². The van der Waals surface area contributed by atoms with E-state index in [0.717, 1.165) is 51.9 Å². The molecule has 1 aromatic heterocycles. The van der Waals surface area contributed by atoms with Gasteiger partial charge in [0, 0.05) is 38.1 Å². The van der Waals surface area contributed by atoms with Crippen LogP contribution in [0, 0.1) is 29.6 Å². The number of ether oxygens (including phenoxy) is 1. The van der Waals surface area contributed by atoms with Crippen molar-refractivity contribution in [1.29, 1.82) is 0 Å². The van der Waals surface area contributed by atoms with Gasteiger partial charge < -0.3 is 14.5 Å². The lowest BCUT2D eigenvalue weighted by molar-refractivity contribution is -0.149. The van der Waals surface area contributed by atoms with Gasteiger partial charge in [0.1, 0.15) is 11.9 Å². The molecule has 0 N–H and O–H groups in total. The topological polar surface area (TPSA) is 66.0 Å². The Morgan fingerprint density at radius 3 is 2.57 bits per heavy atom. The van der Waals surface area contributed by atoms with E-state index in [4.69, 9.17) is 4.74 Å². The summed E-state index contributed by atoms with van der Waals surface area (Å²) in [5, 5.41) is 1.30. The molecule has 3 saturated carbocycles. The second-order valence-electron chi connectivity index (χ2n) is 12.0. The van der Waals surface area contributed by atoms with E-state index >= 15 is 0 Å². The van der Waals surface area contributed by atoms with Crippen molar-refractivity contribution in [2.45, 2.75) is 58.0 Å². The predicted octanol–water partition coefficient (Wildman–Crippen LogP) is 5.25. The van der Waals surface area contributed by atoms with E-state index in [-0.39, 0.29) is 24.0 Å². The monoisotopic (exact) mass is 524 g/mol. The summed E-state index contributed by atoms with van der Waals surface area (Å²) in [6, 6.07) is 8.49. The van der Waals surface area contributed by atoms with Gasteiger partial charge in [-0.3, -0.25) is 4.79 Å².